The average Bonchev–Trinajstić information content (AvgIpc) is 3.20. The highest BCUT2D eigenvalue weighted by molar-refractivity contribution is 5.95. The van der Waals surface area contributed by atoms with E-state index in [-0.39, 0.29) is 22.9 Å². The van der Waals surface area contributed by atoms with Crippen LogP contribution < -0.4 is 10.6 Å². The number of hydrogen-bond acceptors (Lipinski definition) is 4. The van der Waals surface area contributed by atoms with Gasteiger partial charge in [0.05, 0.1) is 5.56 Å². The minimum absolute atomic E-state index is 0.0521. The van der Waals surface area contributed by atoms with Crippen LogP contribution in [0.4, 0.5) is 0 Å². The van der Waals surface area contributed by atoms with Gasteiger partial charge in [-0.05, 0) is 74.6 Å². The Morgan fingerprint density at radius 2 is 1.65 bits per heavy atom. The third-order valence-electron chi connectivity index (χ3n) is 7.37. The average molecular weight is 415 g/mol. The van der Waals surface area contributed by atoms with Crippen LogP contribution in [0.25, 0.3) is 5.65 Å². The molecule has 3 heterocycles. The van der Waals surface area contributed by atoms with Crippen LogP contribution in [0, 0.1) is 11.8 Å². The van der Waals surface area contributed by atoms with Crippen molar-refractivity contribution in [2.24, 2.45) is 11.8 Å². The molecule has 2 atom stereocenters. The minimum Gasteiger partial charge on any atom is -0.346 e. The third kappa shape index (κ3) is 3.19. The number of carbonyl (C=O) groups is 2. The maximum atomic E-state index is 13.2. The van der Waals surface area contributed by atoms with Crippen molar-refractivity contribution in [2.75, 3.05) is 0 Å². The molecule has 7 rings (SSSR count). The number of nitrogens with one attached hydrogen (secondary N) is 2. The van der Waals surface area contributed by atoms with Gasteiger partial charge in [0.25, 0.3) is 11.8 Å². The molecule has 4 bridgehead atoms. The topological polar surface area (TPSA) is 88.4 Å². The van der Waals surface area contributed by atoms with Crippen molar-refractivity contribution in [1.29, 1.82) is 0 Å². The molecule has 2 amide bonds. The molecule has 0 spiro atoms. The predicted molar refractivity (Wildman–Crippen MR) is 115 cm³/mol. The van der Waals surface area contributed by atoms with E-state index in [4.69, 9.17) is 0 Å². The number of carbonyl (C=O) groups excluding carboxylic acids is 2. The molecule has 4 fully saturated rings. The van der Waals surface area contributed by atoms with Gasteiger partial charge in [-0.2, -0.15) is 0 Å². The maximum absolute atomic E-state index is 13.2. The van der Waals surface area contributed by atoms with Crippen molar-refractivity contribution >= 4 is 17.5 Å². The van der Waals surface area contributed by atoms with Gasteiger partial charge in [-0.3, -0.25) is 14.6 Å². The van der Waals surface area contributed by atoms with E-state index in [0.717, 1.165) is 37.8 Å². The Morgan fingerprint density at radius 1 is 0.903 bits per heavy atom. The number of aromatic nitrogens is 3. The zero-order chi connectivity index (χ0) is 21.1. The van der Waals surface area contributed by atoms with Crippen LogP contribution in [0.1, 0.15) is 59.4 Å². The van der Waals surface area contributed by atoms with Crippen molar-refractivity contribution in [1.82, 2.24) is 25.0 Å². The maximum Gasteiger partial charge on any atom is 0.270 e. The molecule has 2 N–H and O–H groups in total. The quantitative estimate of drug-likeness (QED) is 0.686. The number of pyridine rings is 2. The highest BCUT2D eigenvalue weighted by Crippen LogP contribution is 2.57. The van der Waals surface area contributed by atoms with Crippen molar-refractivity contribution < 1.29 is 9.59 Å². The lowest BCUT2D eigenvalue weighted by Gasteiger charge is -2.62. The molecule has 4 saturated carbocycles. The second-order valence-corrected chi connectivity index (χ2v) is 9.76. The molecular formula is C24H25N5O2. The largest absolute Gasteiger partial charge is 0.346 e. The molecular weight excluding hydrogens is 390 g/mol. The predicted octanol–water partition coefficient (Wildman–Crippen LogP) is 2.98. The summed E-state index contributed by atoms with van der Waals surface area (Å²) >= 11 is 0. The molecule has 3 aromatic rings. The van der Waals surface area contributed by atoms with Crippen LogP contribution in [0.5, 0.6) is 0 Å². The number of hydrogen-bond donors (Lipinski definition) is 2. The van der Waals surface area contributed by atoms with Gasteiger partial charge in [0.2, 0.25) is 0 Å². The molecule has 0 aliphatic heterocycles. The second kappa shape index (κ2) is 6.64. The SMILES string of the molecule is O=C(NC12CC3CC(C1)CC(NC(=O)c1ccccn1)(C3)C2)c1ccc2nccn2c1. The van der Waals surface area contributed by atoms with Gasteiger partial charge in [0.15, 0.2) is 0 Å². The van der Waals surface area contributed by atoms with E-state index in [1.165, 1.54) is 6.42 Å². The van der Waals surface area contributed by atoms with Gasteiger partial charge in [0.1, 0.15) is 11.3 Å². The molecule has 0 radical (unpaired) electrons. The van der Waals surface area contributed by atoms with Crippen molar-refractivity contribution in [3.05, 3.63) is 66.4 Å². The zero-order valence-corrected chi connectivity index (χ0v) is 17.3. The fraction of sp³-hybridized carbons (Fsp3) is 0.417. The van der Waals surface area contributed by atoms with E-state index in [1.807, 2.05) is 41.1 Å². The molecule has 3 aromatic heterocycles. The monoisotopic (exact) mass is 415 g/mol. The van der Waals surface area contributed by atoms with Crippen LogP contribution in [-0.2, 0) is 0 Å². The van der Waals surface area contributed by atoms with E-state index < -0.39 is 0 Å². The summed E-state index contributed by atoms with van der Waals surface area (Å²) < 4.78 is 1.86. The smallest absolute Gasteiger partial charge is 0.270 e. The number of fused-ring (bicyclic) bond motifs is 1. The van der Waals surface area contributed by atoms with Crippen molar-refractivity contribution in [3.63, 3.8) is 0 Å². The lowest BCUT2D eigenvalue weighted by Crippen LogP contribution is -2.69. The molecule has 4 aliphatic rings. The standard InChI is InChI=1S/C24H25N5O2/c30-21(18-4-5-20-26-7-8-29(20)14-18)27-23-10-16-9-17(11-23)13-24(12-16,15-23)28-22(31)19-3-1-2-6-25-19/h1-8,14,16-17H,9-13,15H2,(H,27,30)(H,28,31). The Morgan fingerprint density at radius 3 is 2.35 bits per heavy atom. The summed E-state index contributed by atoms with van der Waals surface area (Å²) in [4.78, 5) is 34.6. The minimum atomic E-state index is -0.264. The van der Waals surface area contributed by atoms with Crippen molar-refractivity contribution in [2.45, 2.75) is 49.6 Å². The Labute approximate surface area is 180 Å². The number of amides is 2. The van der Waals surface area contributed by atoms with Crippen molar-refractivity contribution in [3.8, 4) is 0 Å². The molecule has 7 nitrogen and oxygen atoms in total. The number of imidazole rings is 1. The molecule has 0 saturated heterocycles. The first-order valence-corrected chi connectivity index (χ1v) is 11.0. The molecule has 31 heavy (non-hydrogen) atoms. The lowest BCUT2D eigenvalue weighted by atomic mass is 9.49. The molecule has 0 aromatic carbocycles. The van der Waals surface area contributed by atoms with Gasteiger partial charge in [0, 0.05) is 35.9 Å². The van der Waals surface area contributed by atoms with Gasteiger partial charge < -0.3 is 15.0 Å². The van der Waals surface area contributed by atoms with E-state index >= 15 is 0 Å². The van der Waals surface area contributed by atoms with Crippen LogP contribution in [0.15, 0.2) is 55.1 Å². The summed E-state index contributed by atoms with van der Waals surface area (Å²) in [6, 6.07) is 9.09. The third-order valence-corrected chi connectivity index (χ3v) is 7.37. The Bertz CT molecular complexity index is 1160. The normalized spacial score (nSPS) is 31.0. The Hall–Kier alpha value is -3.22. The van der Waals surface area contributed by atoms with E-state index in [2.05, 4.69) is 20.6 Å². The summed E-state index contributed by atoms with van der Waals surface area (Å²) in [7, 11) is 0. The lowest BCUT2D eigenvalue weighted by molar-refractivity contribution is -0.0448. The summed E-state index contributed by atoms with van der Waals surface area (Å²) in [5, 5.41) is 6.73. The van der Waals surface area contributed by atoms with Crippen LogP contribution >= 0.6 is 0 Å². The molecule has 2 unspecified atom stereocenters. The fourth-order valence-corrected chi connectivity index (χ4v) is 6.72. The van der Waals surface area contributed by atoms with Gasteiger partial charge in [-0.1, -0.05) is 6.07 Å². The Kier molecular flexibility index (Phi) is 3.97. The molecule has 4 aliphatic carbocycles. The highest BCUT2D eigenvalue weighted by atomic mass is 16.2. The van der Waals surface area contributed by atoms with Gasteiger partial charge in [-0.15, -0.1) is 0 Å². The van der Waals surface area contributed by atoms with Crippen LogP contribution in [0.3, 0.4) is 0 Å². The molecule has 158 valence electrons. The summed E-state index contributed by atoms with van der Waals surface area (Å²) in [5.41, 5.74) is 1.38. The van der Waals surface area contributed by atoms with Crippen LogP contribution in [-0.4, -0.2) is 37.3 Å². The van der Waals surface area contributed by atoms with E-state index in [9.17, 15) is 9.59 Å². The van der Waals surface area contributed by atoms with Gasteiger partial charge >= 0.3 is 0 Å². The number of nitrogens with zero attached hydrogens (tertiary/aromatic N) is 3. The zero-order valence-electron chi connectivity index (χ0n) is 17.3. The summed E-state index contributed by atoms with van der Waals surface area (Å²) in [5.74, 6) is 0.891. The Balaban J connectivity index is 1.25. The summed E-state index contributed by atoms with van der Waals surface area (Å²) in [6.45, 7) is 0. The van der Waals surface area contributed by atoms with Crippen LogP contribution in [0.2, 0.25) is 0 Å². The fourth-order valence-electron chi connectivity index (χ4n) is 6.72. The molecule has 7 heteroatoms. The van der Waals surface area contributed by atoms with E-state index in [1.54, 1.807) is 18.5 Å². The highest BCUT2D eigenvalue weighted by Gasteiger charge is 2.58. The van der Waals surface area contributed by atoms with E-state index in [0.29, 0.717) is 23.1 Å². The first kappa shape index (κ1) is 18.5. The first-order chi connectivity index (χ1) is 15.0. The first-order valence-electron chi connectivity index (χ1n) is 11.0. The summed E-state index contributed by atoms with van der Waals surface area (Å²) in [6.07, 6.45) is 13.0. The second-order valence-electron chi connectivity index (χ2n) is 9.76. The van der Waals surface area contributed by atoms with Gasteiger partial charge in [-0.25, -0.2) is 4.98 Å². The number of rotatable bonds is 4.